The molecule has 80 valence electrons. The van der Waals surface area contributed by atoms with E-state index in [9.17, 15) is 9.59 Å². The molecule has 0 aliphatic carbocycles. The van der Waals surface area contributed by atoms with Crippen molar-refractivity contribution in [2.75, 3.05) is 6.54 Å². The Kier molecular flexibility index (Phi) is 4.03. The molecule has 0 radical (unpaired) electrons. The zero-order valence-electron chi connectivity index (χ0n) is 9.04. The Morgan fingerprint density at radius 3 is 2.20 bits per heavy atom. The molecule has 0 aliphatic rings. The number of amides is 1. The Labute approximate surface area is 89.5 Å². The third-order valence-corrected chi connectivity index (χ3v) is 2.17. The van der Waals surface area contributed by atoms with Crippen LogP contribution in [0.5, 0.6) is 0 Å². The van der Waals surface area contributed by atoms with Crippen molar-refractivity contribution in [2.24, 2.45) is 0 Å². The highest BCUT2D eigenvalue weighted by Crippen LogP contribution is 2.05. The van der Waals surface area contributed by atoms with Crippen molar-refractivity contribution in [1.29, 1.82) is 0 Å². The van der Waals surface area contributed by atoms with Gasteiger partial charge in [0.2, 0.25) is 5.78 Å². The Bertz CT molecular complexity index is 354. The van der Waals surface area contributed by atoms with E-state index in [2.05, 4.69) is 5.32 Å². The van der Waals surface area contributed by atoms with Crippen LogP contribution in [0.3, 0.4) is 0 Å². The maximum Gasteiger partial charge on any atom is 0.292 e. The Balaban J connectivity index is 2.78. The molecule has 0 aromatic heterocycles. The second-order valence-electron chi connectivity index (χ2n) is 3.24. The van der Waals surface area contributed by atoms with Gasteiger partial charge in [0, 0.05) is 12.1 Å². The number of hydrogen-bond donors (Lipinski definition) is 1. The zero-order valence-corrected chi connectivity index (χ0v) is 9.04. The van der Waals surface area contributed by atoms with Gasteiger partial charge in [-0.3, -0.25) is 9.59 Å². The lowest BCUT2D eigenvalue weighted by molar-refractivity contribution is -0.116. The van der Waals surface area contributed by atoms with Crippen molar-refractivity contribution < 1.29 is 9.59 Å². The molecule has 0 heterocycles. The summed E-state index contributed by atoms with van der Waals surface area (Å²) in [6, 6.07) is 7.12. The van der Waals surface area contributed by atoms with E-state index >= 15 is 0 Å². The maximum atomic E-state index is 11.5. The highest BCUT2D eigenvalue weighted by molar-refractivity contribution is 6.42. The zero-order chi connectivity index (χ0) is 11.3. The van der Waals surface area contributed by atoms with Crippen LogP contribution in [0.25, 0.3) is 0 Å². The molecule has 0 unspecified atom stereocenters. The molecule has 0 atom stereocenters. The molecule has 0 spiro atoms. The van der Waals surface area contributed by atoms with Crippen LogP contribution in [0.15, 0.2) is 24.3 Å². The van der Waals surface area contributed by atoms with Crippen molar-refractivity contribution in [2.45, 2.75) is 20.3 Å². The molecule has 3 heteroatoms. The predicted molar refractivity (Wildman–Crippen MR) is 58.8 cm³/mol. The molecule has 0 fully saturated rings. The van der Waals surface area contributed by atoms with Gasteiger partial charge in [0.15, 0.2) is 0 Å². The Morgan fingerprint density at radius 1 is 1.13 bits per heavy atom. The third kappa shape index (κ3) is 2.91. The van der Waals surface area contributed by atoms with Crippen LogP contribution in [-0.4, -0.2) is 18.2 Å². The number of benzene rings is 1. The van der Waals surface area contributed by atoms with E-state index in [4.69, 9.17) is 0 Å². The average Bonchev–Trinajstić information content (AvgIpc) is 2.28. The smallest absolute Gasteiger partial charge is 0.292 e. The number of hydrogen-bond acceptors (Lipinski definition) is 2. The molecule has 15 heavy (non-hydrogen) atoms. The Hall–Kier alpha value is -1.64. The van der Waals surface area contributed by atoms with Gasteiger partial charge in [0.05, 0.1) is 0 Å². The van der Waals surface area contributed by atoms with Gasteiger partial charge < -0.3 is 5.32 Å². The number of rotatable bonds is 4. The first-order chi connectivity index (χ1) is 7.19. The lowest BCUT2D eigenvalue weighted by atomic mass is 10.1. The van der Waals surface area contributed by atoms with Crippen molar-refractivity contribution >= 4 is 11.7 Å². The number of Topliss-reactive ketones (excluding diaryl/α,β-unsaturated/α-hetero) is 1. The summed E-state index contributed by atoms with van der Waals surface area (Å²) in [5.41, 5.74) is 1.60. The molecule has 0 saturated heterocycles. The van der Waals surface area contributed by atoms with Crippen LogP contribution < -0.4 is 5.32 Å². The van der Waals surface area contributed by atoms with Crippen molar-refractivity contribution in [3.05, 3.63) is 35.4 Å². The summed E-state index contributed by atoms with van der Waals surface area (Å²) in [5.74, 6) is -1.01. The first-order valence-electron chi connectivity index (χ1n) is 5.10. The first-order valence-corrected chi connectivity index (χ1v) is 5.10. The SMILES string of the molecule is CCNC(=O)C(=O)c1ccc(CC)cc1. The summed E-state index contributed by atoms with van der Waals surface area (Å²) in [6.07, 6.45) is 0.926. The van der Waals surface area contributed by atoms with Crippen LogP contribution in [0.1, 0.15) is 29.8 Å². The highest BCUT2D eigenvalue weighted by atomic mass is 16.2. The number of carbonyl (C=O) groups is 2. The van der Waals surface area contributed by atoms with Crippen LogP contribution in [0.2, 0.25) is 0 Å². The van der Waals surface area contributed by atoms with E-state index in [1.165, 1.54) is 0 Å². The Morgan fingerprint density at radius 2 is 1.73 bits per heavy atom. The molecule has 1 rings (SSSR count). The van der Waals surface area contributed by atoms with E-state index in [1.54, 1.807) is 19.1 Å². The molecule has 1 amide bonds. The minimum atomic E-state index is -0.540. The first kappa shape index (κ1) is 11.4. The maximum absolute atomic E-state index is 11.5. The minimum absolute atomic E-state index is 0.443. The fourth-order valence-corrected chi connectivity index (χ4v) is 1.26. The van der Waals surface area contributed by atoms with Gasteiger partial charge in [-0.1, -0.05) is 31.2 Å². The van der Waals surface area contributed by atoms with Crippen LogP contribution in [-0.2, 0) is 11.2 Å². The molecule has 0 bridgehead atoms. The molecular weight excluding hydrogens is 190 g/mol. The van der Waals surface area contributed by atoms with E-state index in [1.807, 2.05) is 19.1 Å². The summed E-state index contributed by atoms with van der Waals surface area (Å²) in [6.45, 7) is 4.30. The largest absolute Gasteiger partial charge is 0.349 e. The monoisotopic (exact) mass is 205 g/mol. The fourth-order valence-electron chi connectivity index (χ4n) is 1.26. The van der Waals surface area contributed by atoms with Gasteiger partial charge in [0.25, 0.3) is 5.91 Å². The summed E-state index contributed by atoms with van der Waals surface area (Å²) in [4.78, 5) is 22.8. The van der Waals surface area contributed by atoms with Gasteiger partial charge in [-0.15, -0.1) is 0 Å². The van der Waals surface area contributed by atoms with Gasteiger partial charge in [-0.05, 0) is 18.9 Å². The molecular formula is C12H15NO2. The number of carbonyl (C=O) groups excluding carboxylic acids is 2. The molecule has 1 aromatic carbocycles. The summed E-state index contributed by atoms with van der Waals surface area (Å²) in [7, 11) is 0. The van der Waals surface area contributed by atoms with Gasteiger partial charge >= 0.3 is 0 Å². The summed E-state index contributed by atoms with van der Waals surface area (Å²) >= 11 is 0. The van der Waals surface area contributed by atoms with E-state index < -0.39 is 11.7 Å². The molecule has 3 nitrogen and oxygen atoms in total. The second kappa shape index (κ2) is 5.29. The standard InChI is InChI=1S/C12H15NO2/c1-3-9-5-7-10(8-6-9)11(14)12(15)13-4-2/h5-8H,3-4H2,1-2H3,(H,13,15). The number of ketones is 1. The van der Waals surface area contributed by atoms with Crippen LogP contribution in [0, 0.1) is 0 Å². The average molecular weight is 205 g/mol. The normalized spacial score (nSPS) is 9.73. The van der Waals surface area contributed by atoms with Gasteiger partial charge in [0.1, 0.15) is 0 Å². The summed E-state index contributed by atoms with van der Waals surface area (Å²) in [5, 5.41) is 2.48. The lowest BCUT2D eigenvalue weighted by Crippen LogP contribution is -2.30. The lowest BCUT2D eigenvalue weighted by Gasteiger charge is -2.02. The fraction of sp³-hybridized carbons (Fsp3) is 0.333. The second-order valence-corrected chi connectivity index (χ2v) is 3.24. The summed E-state index contributed by atoms with van der Waals surface area (Å²) < 4.78 is 0. The van der Waals surface area contributed by atoms with Crippen molar-refractivity contribution in [1.82, 2.24) is 5.32 Å². The van der Waals surface area contributed by atoms with E-state index in [0.29, 0.717) is 12.1 Å². The molecule has 1 N–H and O–H groups in total. The van der Waals surface area contributed by atoms with Gasteiger partial charge in [-0.2, -0.15) is 0 Å². The van der Waals surface area contributed by atoms with Crippen LogP contribution >= 0.6 is 0 Å². The minimum Gasteiger partial charge on any atom is -0.349 e. The topological polar surface area (TPSA) is 46.2 Å². The molecule has 0 aliphatic heterocycles. The molecule has 0 saturated carbocycles. The van der Waals surface area contributed by atoms with E-state index in [0.717, 1.165) is 12.0 Å². The number of likely N-dealkylation sites (N-methyl/N-ethyl adjacent to an activating group) is 1. The quantitative estimate of drug-likeness (QED) is 0.599. The molecule has 1 aromatic rings. The predicted octanol–water partition coefficient (Wildman–Crippen LogP) is 1.57. The van der Waals surface area contributed by atoms with Gasteiger partial charge in [-0.25, -0.2) is 0 Å². The highest BCUT2D eigenvalue weighted by Gasteiger charge is 2.14. The van der Waals surface area contributed by atoms with Crippen molar-refractivity contribution in [3.8, 4) is 0 Å². The van der Waals surface area contributed by atoms with Crippen LogP contribution in [0.4, 0.5) is 0 Å². The van der Waals surface area contributed by atoms with E-state index in [-0.39, 0.29) is 0 Å². The number of nitrogens with one attached hydrogen (secondary N) is 1. The van der Waals surface area contributed by atoms with Crippen molar-refractivity contribution in [3.63, 3.8) is 0 Å². The third-order valence-electron chi connectivity index (χ3n) is 2.17. The number of aryl methyl sites for hydroxylation is 1.